The fourth-order valence-electron chi connectivity index (χ4n) is 2.38. The SMILES string of the molecule is Cc1c(N)cnn1C1CCN(CC(F)(F)F)CC1. The summed E-state index contributed by atoms with van der Waals surface area (Å²) in [6.07, 6.45) is -1.16. The van der Waals surface area contributed by atoms with Gasteiger partial charge in [-0.3, -0.25) is 9.58 Å². The molecule has 2 N–H and O–H groups in total. The molecule has 0 saturated carbocycles. The van der Waals surface area contributed by atoms with Crippen LogP contribution in [0.4, 0.5) is 18.9 Å². The summed E-state index contributed by atoms with van der Waals surface area (Å²) in [5.41, 5.74) is 7.24. The highest BCUT2D eigenvalue weighted by atomic mass is 19.4. The Morgan fingerprint density at radius 2 is 2.00 bits per heavy atom. The first-order valence-corrected chi connectivity index (χ1v) is 5.95. The fourth-order valence-corrected chi connectivity index (χ4v) is 2.38. The molecule has 0 aliphatic carbocycles. The predicted octanol–water partition coefficient (Wildman–Crippen LogP) is 1.97. The highest BCUT2D eigenvalue weighted by Crippen LogP contribution is 2.27. The molecule has 2 rings (SSSR count). The molecule has 0 spiro atoms. The molecular weight excluding hydrogens is 245 g/mol. The summed E-state index contributed by atoms with van der Waals surface area (Å²) in [7, 11) is 0. The standard InChI is InChI=1S/C11H17F3N4/c1-8-10(15)6-16-18(8)9-2-4-17(5-3-9)7-11(12,13)14/h6,9H,2-5,7,15H2,1H3. The fraction of sp³-hybridized carbons (Fsp3) is 0.727. The van der Waals surface area contributed by atoms with Crippen LogP contribution in [0.3, 0.4) is 0 Å². The van der Waals surface area contributed by atoms with Gasteiger partial charge in [0.1, 0.15) is 0 Å². The Balaban J connectivity index is 1.93. The van der Waals surface area contributed by atoms with E-state index in [0.29, 0.717) is 31.6 Å². The number of hydrogen-bond acceptors (Lipinski definition) is 3. The zero-order chi connectivity index (χ0) is 13.3. The highest BCUT2D eigenvalue weighted by Gasteiger charge is 2.33. The van der Waals surface area contributed by atoms with E-state index in [9.17, 15) is 13.2 Å². The normalized spacial score (nSPS) is 19.3. The lowest BCUT2D eigenvalue weighted by molar-refractivity contribution is -0.148. The van der Waals surface area contributed by atoms with Gasteiger partial charge in [-0.2, -0.15) is 18.3 Å². The van der Waals surface area contributed by atoms with Gasteiger partial charge in [0, 0.05) is 13.1 Å². The minimum atomic E-state index is -4.11. The van der Waals surface area contributed by atoms with Gasteiger partial charge < -0.3 is 5.73 Å². The van der Waals surface area contributed by atoms with Crippen molar-refractivity contribution in [2.75, 3.05) is 25.4 Å². The molecule has 0 amide bonds. The number of piperidine rings is 1. The third-order valence-electron chi connectivity index (χ3n) is 3.39. The number of nitrogens with zero attached hydrogens (tertiary/aromatic N) is 3. The van der Waals surface area contributed by atoms with Crippen molar-refractivity contribution in [1.82, 2.24) is 14.7 Å². The number of likely N-dealkylation sites (tertiary alicyclic amines) is 1. The lowest BCUT2D eigenvalue weighted by Gasteiger charge is -2.32. The molecule has 4 nitrogen and oxygen atoms in total. The van der Waals surface area contributed by atoms with Crippen molar-refractivity contribution in [3.8, 4) is 0 Å². The minimum absolute atomic E-state index is 0.159. The van der Waals surface area contributed by atoms with Crippen LogP contribution in [0, 0.1) is 6.92 Å². The van der Waals surface area contributed by atoms with Crippen LogP contribution in [0.5, 0.6) is 0 Å². The van der Waals surface area contributed by atoms with E-state index in [1.54, 1.807) is 6.20 Å². The van der Waals surface area contributed by atoms with E-state index >= 15 is 0 Å². The maximum absolute atomic E-state index is 12.3. The Bertz CT molecular complexity index is 405. The van der Waals surface area contributed by atoms with Crippen LogP contribution in [0.25, 0.3) is 0 Å². The molecule has 102 valence electrons. The molecule has 1 aliphatic heterocycles. The van der Waals surface area contributed by atoms with Gasteiger partial charge in [-0.1, -0.05) is 0 Å². The van der Waals surface area contributed by atoms with Gasteiger partial charge in [0.2, 0.25) is 0 Å². The Kier molecular flexibility index (Phi) is 3.52. The molecule has 0 unspecified atom stereocenters. The number of alkyl halides is 3. The van der Waals surface area contributed by atoms with Crippen LogP contribution in [0.2, 0.25) is 0 Å². The Morgan fingerprint density at radius 1 is 1.39 bits per heavy atom. The maximum Gasteiger partial charge on any atom is 0.401 e. The molecule has 1 aromatic rings. The van der Waals surface area contributed by atoms with Gasteiger partial charge in [-0.15, -0.1) is 0 Å². The van der Waals surface area contributed by atoms with E-state index in [1.165, 1.54) is 4.90 Å². The molecule has 0 bridgehead atoms. The summed E-state index contributed by atoms with van der Waals surface area (Å²) in [6.45, 7) is 1.96. The van der Waals surface area contributed by atoms with Gasteiger partial charge in [-0.05, 0) is 19.8 Å². The van der Waals surface area contributed by atoms with Crippen molar-refractivity contribution < 1.29 is 13.2 Å². The quantitative estimate of drug-likeness (QED) is 0.886. The van der Waals surface area contributed by atoms with Crippen LogP contribution < -0.4 is 5.73 Å². The summed E-state index contributed by atoms with van der Waals surface area (Å²) in [5.74, 6) is 0. The lowest BCUT2D eigenvalue weighted by atomic mass is 10.0. The molecular formula is C11H17F3N4. The zero-order valence-electron chi connectivity index (χ0n) is 10.2. The van der Waals surface area contributed by atoms with Crippen molar-refractivity contribution in [2.24, 2.45) is 0 Å². The highest BCUT2D eigenvalue weighted by molar-refractivity contribution is 5.39. The largest absolute Gasteiger partial charge is 0.401 e. The third-order valence-corrected chi connectivity index (χ3v) is 3.39. The first-order chi connectivity index (χ1) is 8.37. The summed E-state index contributed by atoms with van der Waals surface area (Å²) >= 11 is 0. The van der Waals surface area contributed by atoms with Crippen molar-refractivity contribution in [2.45, 2.75) is 32.0 Å². The van der Waals surface area contributed by atoms with Gasteiger partial charge >= 0.3 is 6.18 Å². The minimum Gasteiger partial charge on any atom is -0.396 e. The van der Waals surface area contributed by atoms with E-state index in [4.69, 9.17) is 5.73 Å². The number of rotatable bonds is 2. The second-order valence-electron chi connectivity index (χ2n) is 4.75. The summed E-state index contributed by atoms with van der Waals surface area (Å²) < 4.78 is 38.6. The van der Waals surface area contributed by atoms with Crippen molar-refractivity contribution in [3.63, 3.8) is 0 Å². The Labute approximate surface area is 104 Å². The van der Waals surface area contributed by atoms with Crippen LogP contribution in [0.15, 0.2) is 6.20 Å². The van der Waals surface area contributed by atoms with Crippen LogP contribution in [0.1, 0.15) is 24.6 Å². The van der Waals surface area contributed by atoms with Crippen molar-refractivity contribution >= 4 is 5.69 Å². The molecule has 1 fully saturated rings. The van der Waals surface area contributed by atoms with Gasteiger partial charge in [-0.25, -0.2) is 0 Å². The summed E-state index contributed by atoms with van der Waals surface area (Å²) in [4.78, 5) is 1.44. The second kappa shape index (κ2) is 4.79. The van der Waals surface area contributed by atoms with Crippen LogP contribution in [-0.2, 0) is 0 Å². The topological polar surface area (TPSA) is 47.1 Å². The van der Waals surface area contributed by atoms with Crippen LogP contribution >= 0.6 is 0 Å². The van der Waals surface area contributed by atoms with Gasteiger partial charge in [0.15, 0.2) is 0 Å². The number of hydrogen-bond donors (Lipinski definition) is 1. The summed E-state index contributed by atoms with van der Waals surface area (Å²) in [6, 6.07) is 0.159. The number of nitrogens with two attached hydrogens (primary N) is 1. The number of aromatic nitrogens is 2. The smallest absolute Gasteiger partial charge is 0.396 e. The van der Waals surface area contributed by atoms with E-state index in [0.717, 1.165) is 5.69 Å². The number of anilines is 1. The second-order valence-corrected chi connectivity index (χ2v) is 4.75. The molecule has 18 heavy (non-hydrogen) atoms. The molecule has 7 heteroatoms. The first kappa shape index (κ1) is 13.2. The van der Waals surface area contributed by atoms with Gasteiger partial charge in [0.25, 0.3) is 0 Å². The Morgan fingerprint density at radius 3 is 2.44 bits per heavy atom. The number of nitrogen functional groups attached to an aromatic ring is 1. The maximum atomic E-state index is 12.3. The first-order valence-electron chi connectivity index (χ1n) is 5.95. The van der Waals surface area contributed by atoms with Crippen molar-refractivity contribution in [1.29, 1.82) is 0 Å². The van der Waals surface area contributed by atoms with E-state index in [2.05, 4.69) is 5.10 Å². The molecule has 1 aliphatic rings. The average molecular weight is 262 g/mol. The molecule has 0 aromatic carbocycles. The molecule has 2 heterocycles. The molecule has 1 aromatic heterocycles. The van der Waals surface area contributed by atoms with Crippen LogP contribution in [-0.4, -0.2) is 40.5 Å². The monoisotopic (exact) mass is 262 g/mol. The predicted molar refractivity (Wildman–Crippen MR) is 62.1 cm³/mol. The molecule has 1 saturated heterocycles. The number of halogens is 3. The Hall–Kier alpha value is -1.24. The van der Waals surface area contributed by atoms with E-state index < -0.39 is 12.7 Å². The van der Waals surface area contributed by atoms with E-state index in [1.807, 2.05) is 11.6 Å². The third kappa shape index (κ3) is 2.95. The molecule has 0 atom stereocenters. The summed E-state index contributed by atoms with van der Waals surface area (Å²) in [5, 5.41) is 4.19. The lowest BCUT2D eigenvalue weighted by Crippen LogP contribution is -2.40. The zero-order valence-corrected chi connectivity index (χ0v) is 10.2. The van der Waals surface area contributed by atoms with Gasteiger partial charge in [0.05, 0.1) is 30.2 Å². The van der Waals surface area contributed by atoms with E-state index in [-0.39, 0.29) is 6.04 Å². The average Bonchev–Trinajstić information content (AvgIpc) is 2.59. The van der Waals surface area contributed by atoms with Crippen molar-refractivity contribution in [3.05, 3.63) is 11.9 Å². The molecule has 0 radical (unpaired) electrons.